The van der Waals surface area contributed by atoms with E-state index in [4.69, 9.17) is 0 Å². The standard InChI is InChI=1S/C12H26Si/c1-5-8-11-13(4,10-7-3)12-9-6-2/h7H,3,5-6,8-12H2,1-2,4H3. The molecule has 1 heteroatoms. The second-order valence-electron chi connectivity index (χ2n) is 4.51. The molecule has 0 radical (unpaired) electrons. The molecule has 0 nitrogen and oxygen atoms in total. The van der Waals surface area contributed by atoms with Gasteiger partial charge in [0, 0.05) is 0 Å². The molecule has 78 valence electrons. The number of hydrogen-bond donors (Lipinski definition) is 0. The van der Waals surface area contributed by atoms with Crippen molar-refractivity contribution in [1.82, 2.24) is 0 Å². The SMILES string of the molecule is C=CC[Si](C)(CCCC)CCCC. The zero-order valence-corrected chi connectivity index (χ0v) is 10.7. The molecule has 0 aromatic carbocycles. The average molecular weight is 198 g/mol. The van der Waals surface area contributed by atoms with Gasteiger partial charge in [-0.1, -0.05) is 64.2 Å². The van der Waals surface area contributed by atoms with Crippen molar-refractivity contribution in [3.05, 3.63) is 12.7 Å². The van der Waals surface area contributed by atoms with Gasteiger partial charge >= 0.3 is 0 Å². The third-order valence-corrected chi connectivity index (χ3v) is 7.30. The van der Waals surface area contributed by atoms with Crippen molar-refractivity contribution in [2.45, 2.75) is 64.2 Å². The number of allylic oxidation sites excluding steroid dienone is 1. The zero-order chi connectivity index (χ0) is 10.2. The summed E-state index contributed by atoms with van der Waals surface area (Å²) in [5.41, 5.74) is 0. The maximum Gasteiger partial charge on any atom is 0.0542 e. The topological polar surface area (TPSA) is 0 Å². The van der Waals surface area contributed by atoms with Crippen molar-refractivity contribution < 1.29 is 0 Å². The Bertz CT molecular complexity index is 121. The van der Waals surface area contributed by atoms with Crippen LogP contribution in [0.25, 0.3) is 0 Å². The van der Waals surface area contributed by atoms with Crippen LogP contribution in [0, 0.1) is 0 Å². The van der Waals surface area contributed by atoms with Crippen molar-refractivity contribution in [2.75, 3.05) is 0 Å². The highest BCUT2D eigenvalue weighted by Gasteiger charge is 2.23. The first-order valence-electron chi connectivity index (χ1n) is 5.79. The molecule has 0 saturated carbocycles. The van der Waals surface area contributed by atoms with Gasteiger partial charge in [0.2, 0.25) is 0 Å². The van der Waals surface area contributed by atoms with Crippen LogP contribution in [-0.2, 0) is 0 Å². The van der Waals surface area contributed by atoms with E-state index in [0.717, 1.165) is 0 Å². The second kappa shape index (κ2) is 7.37. The predicted octanol–water partition coefficient (Wildman–Crippen LogP) is 4.85. The minimum atomic E-state index is -0.909. The number of rotatable bonds is 8. The van der Waals surface area contributed by atoms with Crippen LogP contribution in [0.2, 0.25) is 24.7 Å². The molecule has 0 bridgehead atoms. The fraction of sp³-hybridized carbons (Fsp3) is 0.833. The molecule has 0 amide bonds. The van der Waals surface area contributed by atoms with E-state index in [2.05, 4.69) is 33.0 Å². The van der Waals surface area contributed by atoms with E-state index in [-0.39, 0.29) is 0 Å². The van der Waals surface area contributed by atoms with Gasteiger partial charge in [0.05, 0.1) is 8.07 Å². The second-order valence-corrected chi connectivity index (χ2v) is 9.54. The molecular weight excluding hydrogens is 172 g/mol. The smallest absolute Gasteiger partial charge is 0.0542 e. The van der Waals surface area contributed by atoms with Crippen LogP contribution in [0.15, 0.2) is 12.7 Å². The molecule has 0 aromatic heterocycles. The van der Waals surface area contributed by atoms with Gasteiger partial charge in [-0.3, -0.25) is 0 Å². The summed E-state index contributed by atoms with van der Waals surface area (Å²) in [6.45, 7) is 11.0. The Hall–Kier alpha value is -0.0431. The highest BCUT2D eigenvalue weighted by Crippen LogP contribution is 2.25. The molecular formula is C12H26Si. The monoisotopic (exact) mass is 198 g/mol. The summed E-state index contributed by atoms with van der Waals surface area (Å²) in [6, 6.07) is 4.35. The quantitative estimate of drug-likeness (QED) is 0.386. The summed E-state index contributed by atoms with van der Waals surface area (Å²) >= 11 is 0. The summed E-state index contributed by atoms with van der Waals surface area (Å²) in [7, 11) is -0.909. The lowest BCUT2D eigenvalue weighted by molar-refractivity contribution is 0.826. The molecule has 0 aliphatic carbocycles. The largest absolute Gasteiger partial charge is 0.103 e. The van der Waals surface area contributed by atoms with Crippen LogP contribution in [-0.4, -0.2) is 8.07 Å². The maximum atomic E-state index is 3.90. The average Bonchev–Trinajstić information content (AvgIpc) is 2.12. The van der Waals surface area contributed by atoms with E-state index < -0.39 is 8.07 Å². The Labute approximate surface area is 85.4 Å². The summed E-state index contributed by atoms with van der Waals surface area (Å²) in [5, 5.41) is 0. The summed E-state index contributed by atoms with van der Waals surface area (Å²) < 4.78 is 0. The van der Waals surface area contributed by atoms with Gasteiger partial charge in [-0.15, -0.1) is 6.58 Å². The van der Waals surface area contributed by atoms with Crippen LogP contribution in [0.5, 0.6) is 0 Å². The molecule has 0 spiro atoms. The number of unbranched alkanes of at least 4 members (excludes halogenated alkanes) is 2. The van der Waals surface area contributed by atoms with Crippen molar-refractivity contribution >= 4 is 8.07 Å². The summed E-state index contributed by atoms with van der Waals surface area (Å²) in [5.74, 6) is 0. The Morgan fingerprint density at radius 3 is 1.85 bits per heavy atom. The van der Waals surface area contributed by atoms with E-state index in [1.165, 1.54) is 43.8 Å². The molecule has 0 N–H and O–H groups in total. The molecule has 0 heterocycles. The first-order valence-corrected chi connectivity index (χ1v) is 8.91. The van der Waals surface area contributed by atoms with Crippen LogP contribution in [0.1, 0.15) is 39.5 Å². The molecule has 0 unspecified atom stereocenters. The molecule has 0 fully saturated rings. The van der Waals surface area contributed by atoms with Crippen molar-refractivity contribution in [3.63, 3.8) is 0 Å². The third-order valence-electron chi connectivity index (χ3n) is 2.90. The van der Waals surface area contributed by atoms with Crippen LogP contribution in [0.4, 0.5) is 0 Å². The third kappa shape index (κ3) is 6.09. The first-order chi connectivity index (χ1) is 6.18. The highest BCUT2D eigenvalue weighted by molar-refractivity contribution is 6.79. The molecule has 0 aliphatic rings. The molecule has 0 atom stereocenters. The van der Waals surface area contributed by atoms with E-state index in [0.29, 0.717) is 0 Å². The van der Waals surface area contributed by atoms with Gasteiger partial charge in [0.15, 0.2) is 0 Å². The van der Waals surface area contributed by atoms with Gasteiger partial charge in [-0.25, -0.2) is 0 Å². The lowest BCUT2D eigenvalue weighted by Gasteiger charge is -2.25. The predicted molar refractivity (Wildman–Crippen MR) is 66.1 cm³/mol. The maximum absolute atomic E-state index is 3.90. The lowest BCUT2D eigenvalue weighted by Crippen LogP contribution is -2.28. The van der Waals surface area contributed by atoms with E-state index >= 15 is 0 Å². The molecule has 0 saturated heterocycles. The van der Waals surface area contributed by atoms with E-state index in [1.807, 2.05) is 0 Å². The Morgan fingerprint density at radius 2 is 1.54 bits per heavy atom. The van der Waals surface area contributed by atoms with Gasteiger partial charge in [0.25, 0.3) is 0 Å². The van der Waals surface area contributed by atoms with Crippen LogP contribution >= 0.6 is 0 Å². The normalized spacial score (nSPS) is 11.6. The Balaban J connectivity index is 3.90. The van der Waals surface area contributed by atoms with Gasteiger partial charge in [-0.05, 0) is 6.04 Å². The van der Waals surface area contributed by atoms with Crippen molar-refractivity contribution in [1.29, 1.82) is 0 Å². The van der Waals surface area contributed by atoms with Crippen molar-refractivity contribution in [3.8, 4) is 0 Å². The fourth-order valence-electron chi connectivity index (χ4n) is 1.88. The minimum absolute atomic E-state index is 0.909. The van der Waals surface area contributed by atoms with E-state index in [9.17, 15) is 0 Å². The zero-order valence-electron chi connectivity index (χ0n) is 9.73. The summed E-state index contributed by atoms with van der Waals surface area (Å²) in [6.07, 6.45) is 7.72. The van der Waals surface area contributed by atoms with Gasteiger partial charge in [0.1, 0.15) is 0 Å². The van der Waals surface area contributed by atoms with Gasteiger partial charge < -0.3 is 0 Å². The van der Waals surface area contributed by atoms with Gasteiger partial charge in [-0.2, -0.15) is 0 Å². The molecule has 0 aliphatic heterocycles. The lowest BCUT2D eigenvalue weighted by atomic mass is 10.4. The van der Waals surface area contributed by atoms with E-state index in [1.54, 1.807) is 0 Å². The Kier molecular flexibility index (Phi) is 7.34. The fourth-order valence-corrected chi connectivity index (χ4v) is 5.65. The van der Waals surface area contributed by atoms with Crippen molar-refractivity contribution in [2.24, 2.45) is 0 Å². The minimum Gasteiger partial charge on any atom is -0.103 e. The number of hydrogen-bond acceptors (Lipinski definition) is 0. The molecule has 0 rings (SSSR count). The molecule has 13 heavy (non-hydrogen) atoms. The first kappa shape index (κ1) is 13.0. The van der Waals surface area contributed by atoms with Crippen LogP contribution < -0.4 is 0 Å². The Morgan fingerprint density at radius 1 is 1.08 bits per heavy atom. The highest BCUT2D eigenvalue weighted by atomic mass is 28.3. The summed E-state index contributed by atoms with van der Waals surface area (Å²) in [4.78, 5) is 0. The van der Waals surface area contributed by atoms with Crippen LogP contribution in [0.3, 0.4) is 0 Å². The molecule has 0 aromatic rings.